The minimum atomic E-state index is 0.618. The fraction of sp³-hybridized carbons (Fsp3) is 0. The first-order valence-electron chi connectivity index (χ1n) is 23.3. The number of nitrogens with zero attached hydrogens (tertiary/aromatic N) is 5. The van der Waals surface area contributed by atoms with Gasteiger partial charge in [0.15, 0.2) is 17.5 Å². The zero-order valence-corrected chi connectivity index (χ0v) is 38.0. The van der Waals surface area contributed by atoms with Gasteiger partial charge >= 0.3 is 0 Å². The van der Waals surface area contributed by atoms with E-state index < -0.39 is 0 Å². The number of rotatable bonds is 7. The number of aromatic nitrogens is 5. The van der Waals surface area contributed by atoms with Crippen LogP contribution in [0, 0.1) is 0 Å². The van der Waals surface area contributed by atoms with Gasteiger partial charge in [-0.1, -0.05) is 182 Å². The first kappa shape index (κ1) is 39.2. The Labute approximate surface area is 401 Å². The SMILES string of the molecule is c1ccc(-c2ccc(-c3nc(-c4ccccc4)nc(-c4ccc5c6ccc7sc8cccc(-n9c%10ccccc%10c%10cc(-c%11ccccc%11)ccc%109)c8c7c6n(-c6ccccc6)c5c4)n3)cc2)cc1. The van der Waals surface area contributed by atoms with Crippen LogP contribution in [0.4, 0.5) is 0 Å². The number of fused-ring (bicyclic) bond motifs is 10. The van der Waals surface area contributed by atoms with E-state index in [0.717, 1.165) is 38.8 Å². The zero-order chi connectivity index (χ0) is 45.4. The Morgan fingerprint density at radius 2 is 0.797 bits per heavy atom. The second-order valence-electron chi connectivity index (χ2n) is 17.6. The quantitative estimate of drug-likeness (QED) is 0.160. The van der Waals surface area contributed by atoms with Crippen LogP contribution in [0.25, 0.3) is 132 Å². The normalized spacial score (nSPS) is 11.8. The van der Waals surface area contributed by atoms with Crippen molar-refractivity contribution in [1.29, 1.82) is 0 Å². The molecule has 0 atom stereocenters. The van der Waals surface area contributed by atoms with Crippen molar-refractivity contribution in [2.75, 3.05) is 0 Å². The molecular formula is C63H39N5S. The maximum Gasteiger partial charge on any atom is 0.164 e. The molecule has 0 fully saturated rings. The predicted molar refractivity (Wildman–Crippen MR) is 289 cm³/mol. The molecule has 0 unspecified atom stereocenters. The van der Waals surface area contributed by atoms with Gasteiger partial charge in [0, 0.05) is 64.1 Å². The van der Waals surface area contributed by atoms with Crippen molar-refractivity contribution in [2.24, 2.45) is 0 Å². The van der Waals surface area contributed by atoms with Gasteiger partial charge in [0.2, 0.25) is 0 Å². The highest BCUT2D eigenvalue weighted by atomic mass is 32.1. The topological polar surface area (TPSA) is 48.5 Å². The summed E-state index contributed by atoms with van der Waals surface area (Å²) in [6, 6.07) is 84.5. The highest BCUT2D eigenvalue weighted by Crippen LogP contribution is 2.47. The summed E-state index contributed by atoms with van der Waals surface area (Å²) < 4.78 is 7.43. The Morgan fingerprint density at radius 3 is 1.52 bits per heavy atom. The van der Waals surface area contributed by atoms with Crippen LogP contribution in [0.1, 0.15) is 0 Å². The van der Waals surface area contributed by atoms with Gasteiger partial charge in [-0.3, -0.25) is 0 Å². The molecule has 4 heterocycles. The zero-order valence-electron chi connectivity index (χ0n) is 37.2. The second-order valence-corrected chi connectivity index (χ2v) is 18.6. The van der Waals surface area contributed by atoms with Crippen molar-refractivity contribution >= 4 is 75.1 Å². The number of hydrogen-bond donors (Lipinski definition) is 0. The molecule has 69 heavy (non-hydrogen) atoms. The smallest absolute Gasteiger partial charge is 0.164 e. The van der Waals surface area contributed by atoms with Gasteiger partial charge in [0.1, 0.15) is 0 Å². The van der Waals surface area contributed by atoms with Crippen molar-refractivity contribution in [3.8, 4) is 67.8 Å². The van der Waals surface area contributed by atoms with Crippen LogP contribution in [0.2, 0.25) is 0 Å². The maximum atomic E-state index is 5.23. The molecule has 5 nitrogen and oxygen atoms in total. The van der Waals surface area contributed by atoms with E-state index in [1.807, 2.05) is 35.6 Å². The minimum Gasteiger partial charge on any atom is -0.309 e. The minimum absolute atomic E-state index is 0.618. The van der Waals surface area contributed by atoms with E-state index in [-0.39, 0.29) is 0 Å². The second kappa shape index (κ2) is 15.8. The number of benzene rings is 10. The van der Waals surface area contributed by atoms with Gasteiger partial charge in [-0.25, -0.2) is 15.0 Å². The van der Waals surface area contributed by atoms with Crippen LogP contribution < -0.4 is 0 Å². The van der Waals surface area contributed by atoms with Gasteiger partial charge in [-0.2, -0.15) is 0 Å². The van der Waals surface area contributed by atoms with Crippen molar-refractivity contribution in [3.63, 3.8) is 0 Å². The standard InChI is InChI=1S/C63H39N5S/c1-5-16-40(17-6-1)42-28-30-44(31-29-42)62-64-61(43-20-9-3-10-21-43)65-63(66-62)46-32-34-49-50-35-37-57-59(60(50)67(55(49)39-46)47-22-11-4-12-23-47)58-54(26-15-27-56(58)69-57)68-52-25-14-13-24-48(52)51-38-45(33-36-53(51)68)41-18-7-2-8-19-41/h1-39H. The molecule has 0 radical (unpaired) electrons. The maximum absolute atomic E-state index is 5.23. The monoisotopic (exact) mass is 897 g/mol. The van der Waals surface area contributed by atoms with E-state index in [9.17, 15) is 0 Å². The molecule has 10 aromatic carbocycles. The third-order valence-electron chi connectivity index (χ3n) is 13.6. The Balaban J connectivity index is 1.01. The third kappa shape index (κ3) is 6.41. The lowest BCUT2D eigenvalue weighted by molar-refractivity contribution is 1.07. The van der Waals surface area contributed by atoms with E-state index in [1.165, 1.54) is 75.3 Å². The fourth-order valence-corrected chi connectivity index (χ4v) is 11.5. The van der Waals surface area contributed by atoms with Crippen LogP contribution in [-0.4, -0.2) is 24.1 Å². The van der Waals surface area contributed by atoms with Gasteiger partial charge in [0.25, 0.3) is 0 Å². The largest absolute Gasteiger partial charge is 0.309 e. The van der Waals surface area contributed by atoms with Crippen LogP contribution in [0.15, 0.2) is 237 Å². The Morgan fingerprint density at radius 1 is 0.290 bits per heavy atom. The Kier molecular flexibility index (Phi) is 9.00. The molecule has 0 aliphatic heterocycles. The molecule has 0 saturated heterocycles. The lowest BCUT2D eigenvalue weighted by Gasteiger charge is -2.13. The first-order chi connectivity index (χ1) is 34.2. The lowest BCUT2D eigenvalue weighted by atomic mass is 10.0. The molecule has 0 amide bonds. The molecule has 0 saturated carbocycles. The van der Waals surface area contributed by atoms with E-state index >= 15 is 0 Å². The summed E-state index contributed by atoms with van der Waals surface area (Å²) in [6.45, 7) is 0. The summed E-state index contributed by atoms with van der Waals surface area (Å²) in [5, 5.41) is 7.31. The molecule has 0 spiro atoms. The summed E-state index contributed by atoms with van der Waals surface area (Å²) in [4.78, 5) is 15.5. The number of thiophene rings is 1. The van der Waals surface area contributed by atoms with Gasteiger partial charge < -0.3 is 9.13 Å². The predicted octanol–water partition coefficient (Wildman–Crippen LogP) is 16.8. The van der Waals surface area contributed by atoms with Crippen molar-refractivity contribution in [3.05, 3.63) is 237 Å². The Hall–Kier alpha value is -8.97. The van der Waals surface area contributed by atoms with Crippen molar-refractivity contribution in [2.45, 2.75) is 0 Å². The van der Waals surface area contributed by atoms with Crippen LogP contribution in [0.3, 0.4) is 0 Å². The molecule has 14 rings (SSSR count). The van der Waals surface area contributed by atoms with Crippen molar-refractivity contribution < 1.29 is 0 Å². The van der Waals surface area contributed by atoms with Gasteiger partial charge in [-0.15, -0.1) is 11.3 Å². The van der Waals surface area contributed by atoms with E-state index in [1.54, 1.807) is 0 Å². The van der Waals surface area contributed by atoms with Gasteiger partial charge in [-0.05, 0) is 76.9 Å². The summed E-state index contributed by atoms with van der Waals surface area (Å²) in [5.41, 5.74) is 14.4. The number of hydrogen-bond acceptors (Lipinski definition) is 4. The average molecular weight is 898 g/mol. The lowest BCUT2D eigenvalue weighted by Crippen LogP contribution is -2.00. The summed E-state index contributed by atoms with van der Waals surface area (Å²) >= 11 is 1.86. The number of para-hydroxylation sites is 2. The van der Waals surface area contributed by atoms with Crippen LogP contribution >= 0.6 is 11.3 Å². The van der Waals surface area contributed by atoms with E-state index in [4.69, 9.17) is 15.0 Å². The highest BCUT2D eigenvalue weighted by molar-refractivity contribution is 7.26. The molecule has 0 bridgehead atoms. The van der Waals surface area contributed by atoms with E-state index in [0.29, 0.717) is 17.5 Å². The van der Waals surface area contributed by atoms with Crippen molar-refractivity contribution in [1.82, 2.24) is 24.1 Å². The third-order valence-corrected chi connectivity index (χ3v) is 14.7. The summed E-state index contributed by atoms with van der Waals surface area (Å²) in [7, 11) is 0. The fourth-order valence-electron chi connectivity index (χ4n) is 10.4. The molecular weight excluding hydrogens is 859 g/mol. The van der Waals surface area contributed by atoms with Gasteiger partial charge in [0.05, 0.1) is 27.8 Å². The first-order valence-corrected chi connectivity index (χ1v) is 24.1. The van der Waals surface area contributed by atoms with E-state index in [2.05, 4.69) is 221 Å². The molecule has 322 valence electrons. The molecule has 0 aliphatic carbocycles. The molecule has 0 aliphatic rings. The Bertz CT molecular complexity index is 4270. The van der Waals surface area contributed by atoms with Crippen LogP contribution in [-0.2, 0) is 0 Å². The summed E-state index contributed by atoms with van der Waals surface area (Å²) in [6.07, 6.45) is 0. The molecule has 0 N–H and O–H groups in total. The average Bonchev–Trinajstić information content (AvgIpc) is 4.09. The molecule has 6 heteroatoms. The molecule has 4 aromatic heterocycles. The molecule has 14 aromatic rings. The van der Waals surface area contributed by atoms with Crippen LogP contribution in [0.5, 0.6) is 0 Å². The highest BCUT2D eigenvalue weighted by Gasteiger charge is 2.23. The summed E-state index contributed by atoms with van der Waals surface area (Å²) in [5.74, 6) is 1.88.